The first-order valence-corrected chi connectivity index (χ1v) is 5.12. The first-order valence-electron chi connectivity index (χ1n) is 5.12. The predicted octanol–water partition coefficient (Wildman–Crippen LogP) is 3.02. The van der Waals surface area contributed by atoms with Crippen LogP contribution in [0.4, 0.5) is 32.0 Å². The van der Waals surface area contributed by atoms with Gasteiger partial charge in [-0.1, -0.05) is 0 Å². The molecule has 0 atom stereocenters. The van der Waals surface area contributed by atoms with Crippen LogP contribution >= 0.6 is 0 Å². The number of ether oxygens (including phenoxy) is 1. The van der Waals surface area contributed by atoms with Gasteiger partial charge in [0.15, 0.2) is 0 Å². The van der Waals surface area contributed by atoms with Crippen molar-refractivity contribution in [1.82, 2.24) is 9.97 Å². The van der Waals surface area contributed by atoms with Crippen LogP contribution in [-0.4, -0.2) is 28.4 Å². The van der Waals surface area contributed by atoms with Crippen molar-refractivity contribution in [2.75, 3.05) is 5.73 Å². The number of nitrogens with one attached hydrogen (secondary N) is 1. The van der Waals surface area contributed by atoms with Gasteiger partial charge in [0.05, 0.1) is 11.0 Å². The number of anilines is 1. The van der Waals surface area contributed by atoms with Crippen molar-refractivity contribution in [3.05, 3.63) is 18.2 Å². The van der Waals surface area contributed by atoms with Gasteiger partial charge in [-0.25, -0.2) is 0 Å². The smallest absolute Gasteiger partial charge is 0.434 e. The van der Waals surface area contributed by atoms with Crippen molar-refractivity contribution >= 4 is 16.7 Å². The van der Waals surface area contributed by atoms with Gasteiger partial charge in [0.2, 0.25) is 0 Å². The first-order chi connectivity index (χ1) is 9.07. The summed E-state index contributed by atoms with van der Waals surface area (Å²) in [6.07, 6.45) is -15.2. The number of halogens is 6. The Kier molecular flexibility index (Phi) is 3.18. The normalized spacial score (nSPS) is 13.2. The summed E-state index contributed by atoms with van der Waals surface area (Å²) in [5.41, 5.74) is 6.00. The highest BCUT2D eigenvalue weighted by molar-refractivity contribution is 5.79. The van der Waals surface area contributed by atoms with E-state index in [0.29, 0.717) is 0 Å². The van der Waals surface area contributed by atoms with Gasteiger partial charge < -0.3 is 15.5 Å². The number of nitrogens with zero attached hydrogens (tertiary/aromatic N) is 1. The largest absolute Gasteiger partial charge is 0.442 e. The summed E-state index contributed by atoms with van der Waals surface area (Å²) in [6.45, 7) is 0. The van der Waals surface area contributed by atoms with Crippen LogP contribution in [0, 0.1) is 0 Å². The lowest BCUT2D eigenvalue weighted by Gasteiger charge is -2.22. The number of alkyl halides is 6. The van der Waals surface area contributed by atoms with Crippen LogP contribution in [0.15, 0.2) is 18.2 Å². The van der Waals surface area contributed by atoms with E-state index < -0.39 is 24.5 Å². The number of H-pyrrole nitrogens is 1. The SMILES string of the molecule is Nc1ccc2nc(OC(C(F)(F)F)C(F)(F)F)[nH]c2c1. The number of aromatic amines is 1. The maximum Gasteiger partial charge on any atom is 0.434 e. The molecule has 110 valence electrons. The molecular weight excluding hydrogens is 292 g/mol. The predicted molar refractivity (Wildman–Crippen MR) is 57.0 cm³/mol. The fourth-order valence-corrected chi connectivity index (χ4v) is 1.49. The fourth-order valence-electron chi connectivity index (χ4n) is 1.49. The second-order valence-electron chi connectivity index (χ2n) is 3.90. The number of rotatable bonds is 2. The van der Waals surface area contributed by atoms with E-state index in [0.717, 1.165) is 0 Å². The standard InChI is InChI=1S/C10H7F6N3O/c11-9(12,13)7(10(14,15)16)20-8-18-5-2-1-4(17)3-6(5)19-8/h1-3,7H,17H2,(H,18,19). The van der Waals surface area contributed by atoms with Crippen molar-refractivity contribution < 1.29 is 31.1 Å². The number of nitrogen functional groups attached to an aromatic ring is 1. The summed E-state index contributed by atoms with van der Waals surface area (Å²) in [6, 6.07) is 3.17. The van der Waals surface area contributed by atoms with Gasteiger partial charge in [0.25, 0.3) is 12.1 Å². The van der Waals surface area contributed by atoms with Crippen molar-refractivity contribution in [2.24, 2.45) is 0 Å². The fraction of sp³-hybridized carbons (Fsp3) is 0.300. The Hall–Kier alpha value is -2.13. The molecule has 2 aromatic rings. The van der Waals surface area contributed by atoms with E-state index in [9.17, 15) is 26.3 Å². The molecule has 10 heteroatoms. The minimum atomic E-state index is -5.60. The van der Waals surface area contributed by atoms with Gasteiger partial charge in [-0.3, -0.25) is 0 Å². The second kappa shape index (κ2) is 4.46. The first kappa shape index (κ1) is 14.3. The van der Waals surface area contributed by atoms with Crippen LogP contribution in [0.2, 0.25) is 0 Å². The average Bonchev–Trinajstić information content (AvgIpc) is 2.64. The van der Waals surface area contributed by atoms with E-state index in [2.05, 4.69) is 14.7 Å². The lowest BCUT2D eigenvalue weighted by molar-refractivity contribution is -0.301. The van der Waals surface area contributed by atoms with E-state index in [4.69, 9.17) is 5.73 Å². The maximum absolute atomic E-state index is 12.3. The van der Waals surface area contributed by atoms with Gasteiger partial charge in [-0.2, -0.15) is 31.3 Å². The summed E-state index contributed by atoms with van der Waals surface area (Å²) in [5, 5.41) is 0. The van der Waals surface area contributed by atoms with Gasteiger partial charge in [0.1, 0.15) is 0 Å². The molecule has 1 heterocycles. The highest BCUT2D eigenvalue weighted by Crippen LogP contribution is 2.36. The molecule has 1 aromatic carbocycles. The van der Waals surface area contributed by atoms with Gasteiger partial charge >= 0.3 is 12.4 Å². The Labute approximate surface area is 107 Å². The third-order valence-corrected chi connectivity index (χ3v) is 2.31. The molecular formula is C10H7F6N3O. The monoisotopic (exact) mass is 299 g/mol. The van der Waals surface area contributed by atoms with Crippen molar-refractivity contribution in [3.8, 4) is 6.01 Å². The van der Waals surface area contributed by atoms with Crippen molar-refractivity contribution in [3.63, 3.8) is 0 Å². The Morgan fingerprint density at radius 3 is 2.25 bits per heavy atom. The summed E-state index contributed by atoms with van der Waals surface area (Å²) < 4.78 is 77.8. The zero-order valence-electron chi connectivity index (χ0n) is 9.51. The summed E-state index contributed by atoms with van der Waals surface area (Å²) >= 11 is 0. The Balaban J connectivity index is 2.34. The summed E-state index contributed by atoms with van der Waals surface area (Å²) in [5.74, 6) is 0. The number of nitrogens with two attached hydrogens (primary N) is 1. The van der Waals surface area contributed by atoms with E-state index in [1.54, 1.807) is 0 Å². The van der Waals surface area contributed by atoms with Crippen LogP contribution < -0.4 is 10.5 Å². The minimum Gasteiger partial charge on any atom is -0.442 e. The molecule has 1 aromatic heterocycles. The lowest BCUT2D eigenvalue weighted by Crippen LogP contribution is -2.46. The molecule has 0 unspecified atom stereocenters. The highest BCUT2D eigenvalue weighted by Gasteiger charge is 2.59. The van der Waals surface area contributed by atoms with E-state index in [1.165, 1.54) is 18.2 Å². The van der Waals surface area contributed by atoms with E-state index in [-0.39, 0.29) is 16.7 Å². The topological polar surface area (TPSA) is 63.9 Å². The summed E-state index contributed by atoms with van der Waals surface area (Å²) in [4.78, 5) is 5.69. The van der Waals surface area contributed by atoms with Gasteiger partial charge in [-0.05, 0) is 18.2 Å². The molecule has 0 fully saturated rings. The molecule has 0 aliphatic rings. The highest BCUT2D eigenvalue weighted by atomic mass is 19.4. The van der Waals surface area contributed by atoms with Crippen LogP contribution in [0.5, 0.6) is 6.01 Å². The number of imidazole rings is 1. The number of fused-ring (bicyclic) bond motifs is 1. The van der Waals surface area contributed by atoms with Crippen molar-refractivity contribution in [1.29, 1.82) is 0 Å². The molecule has 0 radical (unpaired) electrons. The maximum atomic E-state index is 12.3. The Morgan fingerprint density at radius 1 is 1.10 bits per heavy atom. The molecule has 2 rings (SSSR count). The number of hydrogen-bond donors (Lipinski definition) is 2. The molecule has 20 heavy (non-hydrogen) atoms. The van der Waals surface area contributed by atoms with Crippen LogP contribution in [0.1, 0.15) is 0 Å². The molecule has 0 saturated carbocycles. The Bertz CT molecular complexity index is 603. The third kappa shape index (κ3) is 2.89. The van der Waals surface area contributed by atoms with Gasteiger partial charge in [0, 0.05) is 5.69 Å². The number of benzene rings is 1. The zero-order chi connectivity index (χ0) is 15.1. The minimum absolute atomic E-state index is 0.136. The van der Waals surface area contributed by atoms with Crippen LogP contribution in [0.25, 0.3) is 11.0 Å². The summed E-state index contributed by atoms with van der Waals surface area (Å²) in [7, 11) is 0. The molecule has 4 nitrogen and oxygen atoms in total. The van der Waals surface area contributed by atoms with Crippen LogP contribution in [-0.2, 0) is 0 Å². The van der Waals surface area contributed by atoms with Crippen molar-refractivity contribution in [2.45, 2.75) is 18.5 Å². The van der Waals surface area contributed by atoms with Gasteiger partial charge in [-0.15, -0.1) is 0 Å². The average molecular weight is 299 g/mol. The lowest BCUT2D eigenvalue weighted by atomic mass is 10.3. The molecule has 0 saturated heterocycles. The molecule has 0 spiro atoms. The molecule has 3 N–H and O–H groups in total. The zero-order valence-corrected chi connectivity index (χ0v) is 9.51. The van der Waals surface area contributed by atoms with Crippen LogP contribution in [0.3, 0.4) is 0 Å². The molecule has 0 aliphatic carbocycles. The third-order valence-electron chi connectivity index (χ3n) is 2.31. The number of hydrogen-bond acceptors (Lipinski definition) is 3. The second-order valence-corrected chi connectivity index (χ2v) is 3.90. The van der Waals surface area contributed by atoms with E-state index >= 15 is 0 Å². The van der Waals surface area contributed by atoms with E-state index in [1.807, 2.05) is 0 Å². The molecule has 0 bridgehead atoms. The quantitative estimate of drug-likeness (QED) is 0.662. The molecule has 0 aliphatic heterocycles. The Morgan fingerprint density at radius 2 is 1.70 bits per heavy atom. The molecule has 0 amide bonds. The number of aromatic nitrogens is 2.